The first-order chi connectivity index (χ1) is 7.93. The SMILES string of the molecule is C=C[Si](C)(C)O[Si](C)(O[Si]C)c1ccccc1. The molecule has 1 unspecified atom stereocenters. The van der Waals surface area contributed by atoms with Gasteiger partial charge in [0.2, 0.25) is 9.76 Å². The molecule has 0 heterocycles. The maximum Gasteiger partial charge on any atom is 0.348 e. The van der Waals surface area contributed by atoms with Crippen molar-refractivity contribution in [2.24, 2.45) is 0 Å². The Hall–Kier alpha value is -0.469. The predicted molar refractivity (Wildman–Crippen MR) is 79.2 cm³/mol. The normalized spacial score (nSPS) is 15.3. The third-order valence-corrected chi connectivity index (χ3v) is 10.9. The van der Waals surface area contributed by atoms with Crippen molar-refractivity contribution in [3.63, 3.8) is 0 Å². The standard InChI is InChI=1S/C12H20O2Si3/c1-6-16(3,4)14-17(5,13-15-2)12-10-8-7-9-11-12/h6-11H,1H2,2-5H3. The zero-order valence-corrected chi connectivity index (χ0v) is 14.0. The molecule has 0 aliphatic carbocycles. The van der Waals surface area contributed by atoms with E-state index in [9.17, 15) is 0 Å². The molecule has 2 radical (unpaired) electrons. The van der Waals surface area contributed by atoms with Crippen LogP contribution in [0.2, 0.25) is 26.2 Å². The van der Waals surface area contributed by atoms with E-state index in [1.807, 2.05) is 30.4 Å². The van der Waals surface area contributed by atoms with Gasteiger partial charge in [-0.25, -0.2) is 0 Å². The Morgan fingerprint density at radius 3 is 2.24 bits per heavy atom. The summed E-state index contributed by atoms with van der Waals surface area (Å²) in [4.78, 5) is 0. The highest BCUT2D eigenvalue weighted by atomic mass is 28.5. The Balaban J connectivity index is 3.01. The topological polar surface area (TPSA) is 18.5 Å². The molecule has 1 aromatic carbocycles. The van der Waals surface area contributed by atoms with Crippen LogP contribution >= 0.6 is 0 Å². The molecule has 1 atom stereocenters. The molecular formula is C12H20O2Si3. The molecular weight excluding hydrogens is 260 g/mol. The fraction of sp³-hybridized carbons (Fsp3) is 0.333. The summed E-state index contributed by atoms with van der Waals surface area (Å²) in [5.41, 5.74) is 1.96. The van der Waals surface area contributed by atoms with Gasteiger partial charge in [0.1, 0.15) is 0 Å². The van der Waals surface area contributed by atoms with Crippen LogP contribution in [0.15, 0.2) is 42.6 Å². The molecule has 2 nitrogen and oxygen atoms in total. The van der Waals surface area contributed by atoms with Crippen LogP contribution in [0.1, 0.15) is 0 Å². The second kappa shape index (κ2) is 5.92. The summed E-state index contributed by atoms with van der Waals surface area (Å²) in [6.45, 7) is 12.3. The molecule has 0 aliphatic heterocycles. The van der Waals surface area contributed by atoms with Crippen LogP contribution in [-0.2, 0) is 8.23 Å². The quantitative estimate of drug-likeness (QED) is 0.746. The number of hydrogen-bond acceptors (Lipinski definition) is 2. The van der Waals surface area contributed by atoms with Gasteiger partial charge in [-0.3, -0.25) is 0 Å². The Morgan fingerprint density at radius 1 is 1.18 bits per heavy atom. The second-order valence-corrected chi connectivity index (χ2v) is 12.7. The summed E-state index contributed by atoms with van der Waals surface area (Å²) in [5, 5.41) is 1.19. The first kappa shape index (κ1) is 14.6. The van der Waals surface area contributed by atoms with E-state index in [2.05, 4.69) is 38.4 Å². The van der Waals surface area contributed by atoms with E-state index < -0.39 is 16.9 Å². The van der Waals surface area contributed by atoms with E-state index in [1.165, 1.54) is 5.19 Å². The molecule has 5 heteroatoms. The number of benzene rings is 1. The smallest absolute Gasteiger partial charge is 0.348 e. The van der Waals surface area contributed by atoms with Crippen molar-refractivity contribution in [2.75, 3.05) is 0 Å². The van der Waals surface area contributed by atoms with Gasteiger partial charge in [-0.05, 0) is 31.4 Å². The highest BCUT2D eigenvalue weighted by Crippen LogP contribution is 2.16. The molecule has 0 spiro atoms. The van der Waals surface area contributed by atoms with Gasteiger partial charge in [-0.1, -0.05) is 36.0 Å². The molecule has 0 N–H and O–H groups in total. The Bertz CT molecular complexity index is 367. The van der Waals surface area contributed by atoms with Crippen molar-refractivity contribution < 1.29 is 8.23 Å². The minimum Gasteiger partial charge on any atom is -0.433 e. The number of rotatable bonds is 6. The molecule has 0 bridgehead atoms. The average molecular weight is 281 g/mol. The fourth-order valence-electron chi connectivity index (χ4n) is 1.62. The van der Waals surface area contributed by atoms with Crippen LogP contribution in [0.25, 0.3) is 0 Å². The Kier molecular flexibility index (Phi) is 5.08. The summed E-state index contributed by atoms with van der Waals surface area (Å²) in [5.74, 6) is 0. The zero-order chi connectivity index (χ0) is 12.9. The van der Waals surface area contributed by atoms with E-state index in [4.69, 9.17) is 8.23 Å². The van der Waals surface area contributed by atoms with E-state index in [-0.39, 0.29) is 0 Å². The van der Waals surface area contributed by atoms with Gasteiger partial charge < -0.3 is 8.23 Å². The maximum atomic E-state index is 6.35. The maximum absolute atomic E-state index is 6.35. The van der Waals surface area contributed by atoms with Gasteiger partial charge in [-0.15, -0.1) is 6.58 Å². The average Bonchev–Trinajstić information content (AvgIpc) is 2.30. The summed E-state index contributed by atoms with van der Waals surface area (Å²) in [6, 6.07) is 10.3. The van der Waals surface area contributed by atoms with Crippen LogP contribution < -0.4 is 5.19 Å². The van der Waals surface area contributed by atoms with Gasteiger partial charge in [0, 0.05) is 0 Å². The van der Waals surface area contributed by atoms with E-state index >= 15 is 0 Å². The van der Waals surface area contributed by atoms with Crippen LogP contribution in [-0.4, -0.2) is 26.6 Å². The van der Waals surface area contributed by atoms with Crippen molar-refractivity contribution in [3.8, 4) is 0 Å². The molecule has 17 heavy (non-hydrogen) atoms. The van der Waals surface area contributed by atoms with E-state index in [0.717, 1.165) is 0 Å². The van der Waals surface area contributed by atoms with Gasteiger partial charge >= 0.3 is 8.56 Å². The monoisotopic (exact) mass is 280 g/mol. The summed E-state index contributed by atoms with van der Waals surface area (Å²) in [6.07, 6.45) is 0. The van der Waals surface area contributed by atoms with Gasteiger partial charge in [0.05, 0.1) is 0 Å². The highest BCUT2D eigenvalue weighted by Gasteiger charge is 2.38. The van der Waals surface area contributed by atoms with Crippen molar-refractivity contribution in [2.45, 2.75) is 26.2 Å². The largest absolute Gasteiger partial charge is 0.433 e. The molecule has 0 aliphatic rings. The number of hydrogen-bond donors (Lipinski definition) is 0. The van der Waals surface area contributed by atoms with Gasteiger partial charge in [0.25, 0.3) is 0 Å². The van der Waals surface area contributed by atoms with Crippen LogP contribution in [0.5, 0.6) is 0 Å². The minimum absolute atomic E-state index is 0.447. The van der Waals surface area contributed by atoms with E-state index in [0.29, 0.717) is 9.76 Å². The molecule has 0 amide bonds. The minimum atomic E-state index is -2.28. The van der Waals surface area contributed by atoms with Crippen molar-refractivity contribution in [1.29, 1.82) is 0 Å². The lowest BCUT2D eigenvalue weighted by Gasteiger charge is -2.34. The predicted octanol–water partition coefficient (Wildman–Crippen LogP) is 2.60. The lowest BCUT2D eigenvalue weighted by atomic mass is 10.4. The highest BCUT2D eigenvalue weighted by molar-refractivity contribution is 6.92. The Labute approximate surface area is 109 Å². The second-order valence-electron chi connectivity index (χ2n) is 4.53. The van der Waals surface area contributed by atoms with Crippen molar-refractivity contribution in [1.82, 2.24) is 0 Å². The molecule has 0 aromatic heterocycles. The third kappa shape index (κ3) is 4.04. The fourth-order valence-corrected chi connectivity index (χ4v) is 9.81. The van der Waals surface area contributed by atoms with Crippen LogP contribution in [0.3, 0.4) is 0 Å². The molecule has 92 valence electrons. The first-order valence-electron chi connectivity index (χ1n) is 5.67. The third-order valence-electron chi connectivity index (χ3n) is 2.54. The van der Waals surface area contributed by atoms with Gasteiger partial charge in [0.15, 0.2) is 8.32 Å². The zero-order valence-electron chi connectivity index (χ0n) is 11.0. The molecule has 0 fully saturated rings. The van der Waals surface area contributed by atoms with Crippen LogP contribution in [0, 0.1) is 0 Å². The van der Waals surface area contributed by atoms with Crippen molar-refractivity contribution in [3.05, 3.63) is 42.6 Å². The first-order valence-corrected chi connectivity index (χ1v) is 12.4. The lowest BCUT2D eigenvalue weighted by molar-refractivity contribution is 0.424. The van der Waals surface area contributed by atoms with Gasteiger partial charge in [-0.2, -0.15) is 0 Å². The lowest BCUT2D eigenvalue weighted by Crippen LogP contribution is -2.57. The summed E-state index contributed by atoms with van der Waals surface area (Å²) in [7, 11) is -3.66. The summed E-state index contributed by atoms with van der Waals surface area (Å²) < 4.78 is 12.3. The van der Waals surface area contributed by atoms with Crippen molar-refractivity contribution >= 4 is 31.8 Å². The summed E-state index contributed by atoms with van der Waals surface area (Å²) >= 11 is 0. The Morgan fingerprint density at radius 2 is 1.76 bits per heavy atom. The van der Waals surface area contributed by atoms with Crippen LogP contribution in [0.4, 0.5) is 0 Å². The molecule has 1 rings (SSSR count). The van der Waals surface area contributed by atoms with E-state index in [1.54, 1.807) is 0 Å². The molecule has 0 saturated heterocycles. The molecule has 0 saturated carbocycles. The molecule has 1 aromatic rings.